The molecule has 0 bridgehead atoms. The summed E-state index contributed by atoms with van der Waals surface area (Å²) in [6.07, 6.45) is 8.21. The number of aromatic nitrogens is 2. The lowest BCUT2D eigenvalue weighted by Gasteiger charge is -2.18. The molecule has 1 aliphatic carbocycles. The molecule has 0 atom stereocenters. The first kappa shape index (κ1) is 19.2. The Hall–Kier alpha value is -3.13. The number of rotatable bonds is 7. The van der Waals surface area contributed by atoms with Crippen LogP contribution in [0.3, 0.4) is 0 Å². The summed E-state index contributed by atoms with van der Waals surface area (Å²) in [7, 11) is 1.42. The smallest absolute Gasteiger partial charge is 0.341 e. The maximum atomic E-state index is 15.2. The normalized spacial score (nSPS) is 13.8. The number of methoxy groups -OCH3 is 1. The number of hydrogen-bond acceptors (Lipinski definition) is 4. The van der Waals surface area contributed by atoms with E-state index in [-0.39, 0.29) is 28.4 Å². The van der Waals surface area contributed by atoms with Gasteiger partial charge in [-0.2, -0.15) is 0 Å². The van der Waals surface area contributed by atoms with Crippen molar-refractivity contribution in [1.29, 1.82) is 0 Å². The quantitative estimate of drug-likeness (QED) is 0.636. The lowest BCUT2D eigenvalue weighted by Crippen LogP contribution is -2.20. The van der Waals surface area contributed by atoms with Crippen molar-refractivity contribution in [2.24, 2.45) is 5.73 Å². The summed E-state index contributed by atoms with van der Waals surface area (Å²) in [6, 6.07) is 3.06. The van der Waals surface area contributed by atoms with Gasteiger partial charge in [0.05, 0.1) is 18.0 Å². The van der Waals surface area contributed by atoms with Gasteiger partial charge in [0, 0.05) is 24.6 Å². The molecule has 29 heavy (non-hydrogen) atoms. The van der Waals surface area contributed by atoms with Gasteiger partial charge in [-0.25, -0.2) is 9.18 Å². The van der Waals surface area contributed by atoms with Crippen LogP contribution in [0.25, 0.3) is 16.6 Å². The van der Waals surface area contributed by atoms with Gasteiger partial charge in [0.25, 0.3) is 0 Å². The zero-order valence-electron chi connectivity index (χ0n) is 16.0. The van der Waals surface area contributed by atoms with Crippen LogP contribution in [0.2, 0.25) is 0 Å². The molecule has 0 saturated heterocycles. The number of nitrogens with two attached hydrogens (primary N) is 1. The molecule has 152 valence electrons. The molecule has 7 nitrogen and oxygen atoms in total. The van der Waals surface area contributed by atoms with Crippen LogP contribution in [-0.2, 0) is 6.42 Å². The summed E-state index contributed by atoms with van der Waals surface area (Å²) in [5, 5.41) is 9.41. The van der Waals surface area contributed by atoms with Crippen LogP contribution in [0.15, 0.2) is 35.5 Å². The fourth-order valence-electron chi connectivity index (χ4n) is 3.70. The predicted molar refractivity (Wildman–Crippen MR) is 107 cm³/mol. The molecule has 8 heteroatoms. The number of halogens is 1. The van der Waals surface area contributed by atoms with E-state index < -0.39 is 17.2 Å². The molecule has 2 aromatic heterocycles. The summed E-state index contributed by atoms with van der Waals surface area (Å²) in [6.45, 7) is 0.568. The van der Waals surface area contributed by atoms with E-state index in [1.54, 1.807) is 15.3 Å². The third kappa shape index (κ3) is 3.29. The maximum absolute atomic E-state index is 15.2. The zero-order valence-corrected chi connectivity index (χ0v) is 16.0. The Morgan fingerprint density at radius 2 is 2.14 bits per heavy atom. The minimum Gasteiger partial charge on any atom is -0.492 e. The SMILES string of the molecule is COc1c(-n2ccc(CCCN)c2)c(F)cc2c(=O)c(C(=O)O)cn(C3CC3)c12. The van der Waals surface area contributed by atoms with Gasteiger partial charge in [0.2, 0.25) is 5.43 Å². The first-order valence-corrected chi connectivity index (χ1v) is 9.52. The van der Waals surface area contributed by atoms with E-state index in [0.29, 0.717) is 12.1 Å². The van der Waals surface area contributed by atoms with Crippen LogP contribution in [0.5, 0.6) is 5.75 Å². The largest absolute Gasteiger partial charge is 0.492 e. The third-order valence-electron chi connectivity index (χ3n) is 5.25. The molecule has 2 heterocycles. The van der Waals surface area contributed by atoms with Gasteiger partial charge in [0.15, 0.2) is 11.6 Å². The number of pyridine rings is 1. The van der Waals surface area contributed by atoms with Crippen molar-refractivity contribution in [3.63, 3.8) is 0 Å². The van der Waals surface area contributed by atoms with Crippen molar-refractivity contribution in [1.82, 2.24) is 9.13 Å². The number of carboxylic acid groups (broad SMARTS) is 1. The number of ether oxygens (including phenoxy) is 1. The first-order valence-electron chi connectivity index (χ1n) is 9.52. The Balaban J connectivity index is 2.00. The molecular formula is C21H22FN3O4. The average Bonchev–Trinajstić information content (AvgIpc) is 3.44. The van der Waals surface area contributed by atoms with Crippen LogP contribution < -0.4 is 15.9 Å². The Kier molecular flexibility index (Phi) is 4.87. The maximum Gasteiger partial charge on any atom is 0.341 e. The minimum atomic E-state index is -1.33. The van der Waals surface area contributed by atoms with Gasteiger partial charge in [-0.15, -0.1) is 0 Å². The number of benzene rings is 1. The van der Waals surface area contributed by atoms with E-state index in [4.69, 9.17) is 10.5 Å². The molecule has 3 aromatic rings. The van der Waals surface area contributed by atoms with E-state index in [9.17, 15) is 14.7 Å². The van der Waals surface area contributed by atoms with Gasteiger partial charge in [0.1, 0.15) is 11.3 Å². The second kappa shape index (κ2) is 7.36. The molecular weight excluding hydrogens is 377 g/mol. The van der Waals surface area contributed by atoms with Gasteiger partial charge < -0.3 is 24.7 Å². The molecule has 4 rings (SSSR count). The second-order valence-corrected chi connectivity index (χ2v) is 7.27. The van der Waals surface area contributed by atoms with E-state index in [2.05, 4.69) is 0 Å². The zero-order chi connectivity index (χ0) is 20.7. The first-order chi connectivity index (χ1) is 14.0. The molecule has 1 aromatic carbocycles. The molecule has 1 aliphatic rings. The summed E-state index contributed by atoms with van der Waals surface area (Å²) >= 11 is 0. The van der Waals surface area contributed by atoms with E-state index in [0.717, 1.165) is 37.3 Å². The highest BCUT2D eigenvalue weighted by molar-refractivity contribution is 5.96. The van der Waals surface area contributed by atoms with Gasteiger partial charge >= 0.3 is 5.97 Å². The van der Waals surface area contributed by atoms with Gasteiger partial charge in [-0.1, -0.05) is 0 Å². The summed E-state index contributed by atoms with van der Waals surface area (Å²) in [5.41, 5.74) is 6.09. The standard InChI is InChI=1S/C21H22FN3O4/c1-29-20-17-14(19(26)15(21(27)28)11-25(17)13-4-5-13)9-16(22)18(20)24-8-6-12(10-24)3-2-7-23/h6,8-11,13H,2-5,7,23H2,1H3,(H,27,28). The highest BCUT2D eigenvalue weighted by Crippen LogP contribution is 2.41. The van der Waals surface area contributed by atoms with Crippen LogP contribution in [0.4, 0.5) is 4.39 Å². The highest BCUT2D eigenvalue weighted by atomic mass is 19.1. The van der Waals surface area contributed by atoms with Gasteiger partial charge in [-0.3, -0.25) is 4.79 Å². The number of fused-ring (bicyclic) bond motifs is 1. The molecule has 0 spiro atoms. The van der Waals surface area contributed by atoms with Gasteiger partial charge in [-0.05, 0) is 49.9 Å². The topological polar surface area (TPSA) is 99.5 Å². The van der Waals surface area contributed by atoms with Crippen LogP contribution in [0, 0.1) is 5.82 Å². The van der Waals surface area contributed by atoms with E-state index in [1.807, 2.05) is 12.3 Å². The van der Waals surface area contributed by atoms with Crippen LogP contribution in [0.1, 0.15) is 41.2 Å². The fraction of sp³-hybridized carbons (Fsp3) is 0.333. The van der Waals surface area contributed by atoms with Crippen molar-refractivity contribution >= 4 is 16.9 Å². The van der Waals surface area contributed by atoms with Crippen LogP contribution in [-0.4, -0.2) is 33.9 Å². The second-order valence-electron chi connectivity index (χ2n) is 7.27. The third-order valence-corrected chi connectivity index (χ3v) is 5.25. The Bertz CT molecular complexity index is 1160. The molecule has 0 radical (unpaired) electrons. The summed E-state index contributed by atoms with van der Waals surface area (Å²) < 4.78 is 24.1. The van der Waals surface area contributed by atoms with Crippen molar-refractivity contribution in [2.75, 3.05) is 13.7 Å². The van der Waals surface area contributed by atoms with Crippen molar-refractivity contribution in [3.05, 3.63) is 57.9 Å². The Labute approximate surface area is 166 Å². The van der Waals surface area contributed by atoms with Crippen LogP contribution >= 0.6 is 0 Å². The fourth-order valence-corrected chi connectivity index (χ4v) is 3.70. The van der Waals surface area contributed by atoms with Crippen molar-refractivity contribution in [3.8, 4) is 11.4 Å². The van der Waals surface area contributed by atoms with Crippen molar-refractivity contribution in [2.45, 2.75) is 31.7 Å². The molecule has 0 unspecified atom stereocenters. The number of aromatic carboxylic acids is 1. The Morgan fingerprint density at radius 3 is 2.76 bits per heavy atom. The average molecular weight is 399 g/mol. The molecule has 1 saturated carbocycles. The molecule has 3 N–H and O–H groups in total. The molecule has 1 fully saturated rings. The number of carbonyl (C=O) groups is 1. The molecule has 0 amide bonds. The number of carboxylic acids is 1. The Morgan fingerprint density at radius 1 is 1.38 bits per heavy atom. The van der Waals surface area contributed by atoms with Crippen molar-refractivity contribution < 1.29 is 19.0 Å². The summed E-state index contributed by atoms with van der Waals surface area (Å²) in [5.74, 6) is -1.77. The minimum absolute atomic E-state index is 0.00501. The lowest BCUT2D eigenvalue weighted by atomic mass is 10.1. The lowest BCUT2D eigenvalue weighted by molar-refractivity contribution is 0.0695. The molecule has 0 aliphatic heterocycles. The monoisotopic (exact) mass is 399 g/mol. The van der Waals surface area contributed by atoms with E-state index in [1.165, 1.54) is 13.3 Å². The highest BCUT2D eigenvalue weighted by Gasteiger charge is 2.30. The number of aryl methyl sites for hydroxylation is 1. The number of hydrogen-bond donors (Lipinski definition) is 2. The van der Waals surface area contributed by atoms with E-state index >= 15 is 4.39 Å². The number of nitrogens with zero attached hydrogens (tertiary/aromatic N) is 2. The predicted octanol–water partition coefficient (Wildman–Crippen LogP) is 2.86. The summed E-state index contributed by atoms with van der Waals surface area (Å²) in [4.78, 5) is 24.2.